The largest absolute Gasteiger partial charge is 0.464 e. The van der Waals surface area contributed by atoms with E-state index in [2.05, 4.69) is 20.4 Å². The molecule has 0 aliphatic rings. The molecule has 1 aromatic heterocycles. The molecule has 2 amide bonds. The summed E-state index contributed by atoms with van der Waals surface area (Å²) < 4.78 is 9.73. The number of carbonyl (C=O) groups is 3. The van der Waals surface area contributed by atoms with Gasteiger partial charge in [0.2, 0.25) is 5.91 Å². The number of esters is 1. The topological polar surface area (TPSA) is 127 Å². The molecule has 1 rings (SSSR count). The first-order valence-corrected chi connectivity index (χ1v) is 9.31. The first-order valence-electron chi connectivity index (χ1n) is 8.43. The molecule has 0 saturated carbocycles. The van der Waals surface area contributed by atoms with Crippen LogP contribution in [0.15, 0.2) is 5.38 Å². The van der Waals surface area contributed by atoms with Gasteiger partial charge in [-0.1, -0.05) is 13.8 Å². The molecule has 152 valence electrons. The Kier molecular flexibility index (Phi) is 8.17. The van der Waals surface area contributed by atoms with E-state index in [-0.39, 0.29) is 11.6 Å². The van der Waals surface area contributed by atoms with Gasteiger partial charge in [0, 0.05) is 5.38 Å². The van der Waals surface area contributed by atoms with E-state index >= 15 is 0 Å². The van der Waals surface area contributed by atoms with E-state index in [0.717, 1.165) is 0 Å². The molecule has 9 nitrogen and oxygen atoms in total. The van der Waals surface area contributed by atoms with Gasteiger partial charge in [-0.05, 0) is 26.7 Å². The average Bonchev–Trinajstić information content (AvgIpc) is 3.04. The summed E-state index contributed by atoms with van der Waals surface area (Å²) in [6.07, 6.45) is -0.806. The molecule has 27 heavy (non-hydrogen) atoms. The van der Waals surface area contributed by atoms with Crippen molar-refractivity contribution in [1.82, 2.24) is 15.6 Å². The highest BCUT2D eigenvalue weighted by Gasteiger charge is 2.28. The summed E-state index contributed by atoms with van der Waals surface area (Å²) in [5, 5.41) is 16.6. The maximum atomic E-state index is 12.5. The third kappa shape index (κ3) is 7.14. The number of amides is 2. The summed E-state index contributed by atoms with van der Waals surface area (Å²) in [7, 11) is 1.26. The maximum Gasteiger partial charge on any atom is 0.408 e. The maximum absolute atomic E-state index is 12.5. The normalized spacial score (nSPS) is 13.6. The molecular weight excluding hydrogens is 374 g/mol. The summed E-state index contributed by atoms with van der Waals surface area (Å²) in [6.45, 7) is 8.23. The van der Waals surface area contributed by atoms with Crippen molar-refractivity contribution in [1.29, 1.82) is 0 Å². The van der Waals surface area contributed by atoms with Crippen LogP contribution in [0.2, 0.25) is 0 Å². The Balaban J connectivity index is 2.85. The number of hydrogen-bond donors (Lipinski definition) is 3. The lowest BCUT2D eigenvalue weighted by Gasteiger charge is -2.25. The van der Waals surface area contributed by atoms with Crippen LogP contribution in [0.5, 0.6) is 0 Å². The Morgan fingerprint density at radius 3 is 2.37 bits per heavy atom. The van der Waals surface area contributed by atoms with Gasteiger partial charge in [0.1, 0.15) is 16.7 Å². The zero-order valence-corrected chi connectivity index (χ0v) is 17.2. The van der Waals surface area contributed by atoms with Crippen LogP contribution in [0, 0.1) is 5.92 Å². The van der Waals surface area contributed by atoms with Gasteiger partial charge in [0.15, 0.2) is 5.69 Å². The minimum atomic E-state index is -1.18. The number of methoxy groups -OCH3 is 1. The van der Waals surface area contributed by atoms with Crippen molar-refractivity contribution in [3.63, 3.8) is 0 Å². The molecule has 0 bridgehead atoms. The van der Waals surface area contributed by atoms with Crippen molar-refractivity contribution in [3.05, 3.63) is 16.1 Å². The number of aliphatic hydroxyl groups is 1. The van der Waals surface area contributed by atoms with E-state index in [1.165, 1.54) is 18.4 Å². The molecule has 0 fully saturated rings. The van der Waals surface area contributed by atoms with Crippen LogP contribution >= 0.6 is 11.3 Å². The van der Waals surface area contributed by atoms with E-state index in [1.54, 1.807) is 26.2 Å². The average molecular weight is 401 g/mol. The lowest BCUT2D eigenvalue weighted by Crippen LogP contribution is -2.51. The number of aromatic nitrogens is 1. The zero-order valence-electron chi connectivity index (χ0n) is 16.4. The minimum absolute atomic E-state index is 0.0496. The fraction of sp³-hybridized carbons (Fsp3) is 0.647. The Morgan fingerprint density at radius 2 is 1.89 bits per heavy atom. The van der Waals surface area contributed by atoms with Gasteiger partial charge in [0.25, 0.3) is 0 Å². The van der Waals surface area contributed by atoms with Crippen LogP contribution in [-0.4, -0.2) is 53.4 Å². The van der Waals surface area contributed by atoms with Crippen molar-refractivity contribution in [2.45, 2.75) is 52.3 Å². The second kappa shape index (κ2) is 9.65. The third-order valence-electron chi connectivity index (χ3n) is 3.34. The Bertz CT molecular complexity index is 668. The lowest BCUT2D eigenvalue weighted by molar-refractivity contribution is -0.125. The van der Waals surface area contributed by atoms with Gasteiger partial charge in [0.05, 0.1) is 19.8 Å². The van der Waals surface area contributed by atoms with Crippen LogP contribution in [0.1, 0.15) is 56.2 Å². The van der Waals surface area contributed by atoms with E-state index in [4.69, 9.17) is 4.74 Å². The quantitative estimate of drug-likeness (QED) is 0.593. The highest BCUT2D eigenvalue weighted by Crippen LogP contribution is 2.25. The molecule has 0 aliphatic heterocycles. The predicted molar refractivity (Wildman–Crippen MR) is 99.4 cm³/mol. The van der Waals surface area contributed by atoms with Gasteiger partial charge in [-0.2, -0.15) is 0 Å². The standard InChI is InChI=1S/C17H27N3O6S/c1-9(2)12(14-18-11(8-27-14)15(23)25-6)20-13(22)10(7-21)19-16(24)26-17(3,4)5/h8-10,12,21H,7H2,1-6H3,(H,19,24)(H,20,22)/t10-,12-/m0/s1. The first-order chi connectivity index (χ1) is 12.5. The summed E-state index contributed by atoms with van der Waals surface area (Å²) in [4.78, 5) is 40.1. The summed E-state index contributed by atoms with van der Waals surface area (Å²) in [5.41, 5.74) is -0.574. The number of ether oxygens (including phenoxy) is 2. The van der Waals surface area contributed by atoms with Crippen LogP contribution in [0.4, 0.5) is 4.79 Å². The van der Waals surface area contributed by atoms with Crippen molar-refractivity contribution < 1.29 is 29.0 Å². The second-order valence-corrected chi connectivity index (χ2v) is 8.06. The second-order valence-electron chi connectivity index (χ2n) is 7.17. The van der Waals surface area contributed by atoms with E-state index in [9.17, 15) is 19.5 Å². The van der Waals surface area contributed by atoms with E-state index in [1.807, 2.05) is 13.8 Å². The van der Waals surface area contributed by atoms with Crippen molar-refractivity contribution in [2.24, 2.45) is 5.92 Å². The smallest absolute Gasteiger partial charge is 0.408 e. The van der Waals surface area contributed by atoms with Crippen molar-refractivity contribution in [3.8, 4) is 0 Å². The first kappa shape index (κ1) is 22.8. The Labute approximate surface area is 162 Å². The molecule has 0 saturated heterocycles. The molecule has 10 heteroatoms. The van der Waals surface area contributed by atoms with Crippen molar-refractivity contribution >= 4 is 29.3 Å². The molecule has 1 aromatic rings. The fourth-order valence-electron chi connectivity index (χ4n) is 2.04. The van der Waals surface area contributed by atoms with Crippen LogP contribution < -0.4 is 10.6 Å². The van der Waals surface area contributed by atoms with Crippen LogP contribution in [0.3, 0.4) is 0 Å². The van der Waals surface area contributed by atoms with Gasteiger partial charge in [-0.15, -0.1) is 11.3 Å². The van der Waals surface area contributed by atoms with E-state index in [0.29, 0.717) is 5.01 Å². The molecule has 0 aliphatic carbocycles. The molecular formula is C17H27N3O6S. The fourth-order valence-corrected chi connectivity index (χ4v) is 3.05. The van der Waals surface area contributed by atoms with Gasteiger partial charge in [-0.3, -0.25) is 4.79 Å². The number of alkyl carbamates (subject to hydrolysis) is 1. The van der Waals surface area contributed by atoms with Gasteiger partial charge in [-0.25, -0.2) is 14.6 Å². The van der Waals surface area contributed by atoms with E-state index < -0.39 is 42.3 Å². The number of carbonyl (C=O) groups excluding carboxylic acids is 3. The monoisotopic (exact) mass is 401 g/mol. The molecule has 3 N–H and O–H groups in total. The minimum Gasteiger partial charge on any atom is -0.464 e. The highest BCUT2D eigenvalue weighted by molar-refractivity contribution is 7.09. The summed E-state index contributed by atoms with van der Waals surface area (Å²) >= 11 is 1.21. The number of nitrogens with zero attached hydrogens (tertiary/aromatic N) is 1. The summed E-state index contributed by atoms with van der Waals surface area (Å²) in [5.74, 6) is -1.20. The van der Waals surface area contributed by atoms with Gasteiger partial charge < -0.3 is 25.2 Å². The number of thiazole rings is 1. The number of nitrogens with one attached hydrogen (secondary N) is 2. The predicted octanol–water partition coefficient (Wildman–Crippen LogP) is 1.63. The van der Waals surface area contributed by atoms with Crippen molar-refractivity contribution in [2.75, 3.05) is 13.7 Å². The van der Waals surface area contributed by atoms with Gasteiger partial charge >= 0.3 is 12.1 Å². The molecule has 1 heterocycles. The molecule has 0 aromatic carbocycles. The zero-order chi connectivity index (χ0) is 20.8. The molecule has 2 atom stereocenters. The Morgan fingerprint density at radius 1 is 1.26 bits per heavy atom. The number of rotatable bonds is 7. The number of hydrogen-bond acceptors (Lipinski definition) is 8. The number of aliphatic hydroxyl groups excluding tert-OH is 1. The third-order valence-corrected chi connectivity index (χ3v) is 4.26. The van der Waals surface area contributed by atoms with Crippen LogP contribution in [-0.2, 0) is 14.3 Å². The SMILES string of the molecule is COC(=O)c1csc([C@@H](NC(=O)[C@H](CO)NC(=O)OC(C)(C)C)C(C)C)n1. The molecule has 0 radical (unpaired) electrons. The highest BCUT2D eigenvalue weighted by atomic mass is 32.1. The van der Waals surface area contributed by atoms with Crippen LogP contribution in [0.25, 0.3) is 0 Å². The lowest BCUT2D eigenvalue weighted by atomic mass is 10.0. The molecule has 0 spiro atoms. The molecule has 0 unspecified atom stereocenters. The summed E-state index contributed by atoms with van der Waals surface area (Å²) in [6, 6.07) is -1.68. The Hall–Kier alpha value is -2.20.